The monoisotopic (exact) mass is 314 g/mol. The smallest absolute Gasteiger partial charge is 0.265 e. The summed E-state index contributed by atoms with van der Waals surface area (Å²) in [7, 11) is 0. The van der Waals surface area contributed by atoms with E-state index in [0.29, 0.717) is 22.5 Å². The molecule has 2 heterocycles. The van der Waals surface area contributed by atoms with Crippen molar-refractivity contribution in [2.24, 2.45) is 0 Å². The zero-order valence-corrected chi connectivity index (χ0v) is 13.6. The summed E-state index contributed by atoms with van der Waals surface area (Å²) in [4.78, 5) is 19.2. The number of thioether (sulfide) groups is 1. The van der Waals surface area contributed by atoms with Crippen LogP contribution >= 0.6 is 23.1 Å². The summed E-state index contributed by atoms with van der Waals surface area (Å²) in [5.74, 6) is 0.256. The molecule has 1 fully saturated rings. The Morgan fingerprint density at radius 1 is 1.55 bits per heavy atom. The molecule has 1 atom stereocenters. The Morgan fingerprint density at radius 2 is 2.25 bits per heavy atom. The molecule has 2 rings (SSSR count). The Morgan fingerprint density at radius 3 is 2.90 bits per heavy atom. The van der Waals surface area contributed by atoms with E-state index in [0.717, 1.165) is 24.6 Å². The van der Waals surface area contributed by atoms with Crippen molar-refractivity contribution < 1.29 is 4.79 Å². The first-order chi connectivity index (χ1) is 9.61. The maximum Gasteiger partial charge on any atom is 0.265 e. The van der Waals surface area contributed by atoms with Crippen molar-refractivity contribution in [2.45, 2.75) is 31.4 Å². The van der Waals surface area contributed by atoms with Gasteiger partial charge in [-0.2, -0.15) is 11.8 Å². The van der Waals surface area contributed by atoms with Crippen molar-refractivity contribution in [2.75, 3.05) is 36.5 Å². The average molecular weight is 314 g/mol. The summed E-state index contributed by atoms with van der Waals surface area (Å²) in [6.45, 7) is 4.86. The van der Waals surface area contributed by atoms with Crippen molar-refractivity contribution in [3.05, 3.63) is 4.88 Å². The van der Waals surface area contributed by atoms with Crippen molar-refractivity contribution in [3.63, 3.8) is 0 Å². The van der Waals surface area contributed by atoms with Crippen molar-refractivity contribution in [1.82, 2.24) is 10.3 Å². The van der Waals surface area contributed by atoms with Gasteiger partial charge in [-0.05, 0) is 25.5 Å². The zero-order valence-electron chi connectivity index (χ0n) is 12.0. The number of anilines is 2. The third-order valence-corrected chi connectivity index (χ3v) is 5.63. The Hall–Kier alpha value is -0.950. The van der Waals surface area contributed by atoms with Crippen LogP contribution in [0, 0.1) is 0 Å². The van der Waals surface area contributed by atoms with Gasteiger partial charge in [0.2, 0.25) is 0 Å². The van der Waals surface area contributed by atoms with Crippen LogP contribution < -0.4 is 16.0 Å². The number of rotatable bonds is 6. The van der Waals surface area contributed by atoms with Gasteiger partial charge in [-0.1, -0.05) is 18.3 Å². The van der Waals surface area contributed by atoms with E-state index in [1.54, 1.807) is 11.8 Å². The van der Waals surface area contributed by atoms with Gasteiger partial charge in [0, 0.05) is 24.9 Å². The topological polar surface area (TPSA) is 71.2 Å². The molecule has 1 aliphatic heterocycles. The first kappa shape index (κ1) is 15.4. The Kier molecular flexibility index (Phi) is 5.54. The SMILES string of the molecule is CSC(C)CCNC(=O)c1sc(N2CCCC2)nc1N. The van der Waals surface area contributed by atoms with Gasteiger partial charge in [0.1, 0.15) is 10.7 Å². The lowest BCUT2D eigenvalue weighted by Crippen LogP contribution is -2.25. The minimum atomic E-state index is -0.0984. The van der Waals surface area contributed by atoms with E-state index in [9.17, 15) is 4.79 Å². The number of nitrogens with two attached hydrogens (primary N) is 1. The van der Waals surface area contributed by atoms with Crippen LogP contribution in [0.3, 0.4) is 0 Å². The number of nitrogens with one attached hydrogen (secondary N) is 1. The molecule has 0 spiro atoms. The van der Waals surface area contributed by atoms with Crippen LogP contribution in [0.1, 0.15) is 35.9 Å². The summed E-state index contributed by atoms with van der Waals surface area (Å²) in [6.07, 6.45) is 5.42. The summed E-state index contributed by atoms with van der Waals surface area (Å²) in [5.41, 5.74) is 5.88. The minimum absolute atomic E-state index is 0.0984. The third kappa shape index (κ3) is 3.79. The number of nitrogen functional groups attached to an aromatic ring is 1. The molecule has 1 saturated heterocycles. The molecule has 3 N–H and O–H groups in total. The van der Waals surface area contributed by atoms with Gasteiger partial charge in [0.25, 0.3) is 5.91 Å². The number of aromatic nitrogens is 1. The molecule has 7 heteroatoms. The lowest BCUT2D eigenvalue weighted by molar-refractivity contribution is 0.0958. The molecular weight excluding hydrogens is 292 g/mol. The molecule has 1 amide bonds. The fourth-order valence-corrected chi connectivity index (χ4v) is 3.42. The molecule has 5 nitrogen and oxygen atoms in total. The van der Waals surface area contributed by atoms with Crippen LogP contribution in [0.4, 0.5) is 10.9 Å². The van der Waals surface area contributed by atoms with Crippen LogP contribution in [0.5, 0.6) is 0 Å². The fourth-order valence-electron chi connectivity index (χ4n) is 2.11. The number of carbonyl (C=O) groups is 1. The van der Waals surface area contributed by atoms with Gasteiger partial charge in [0.05, 0.1) is 0 Å². The lowest BCUT2D eigenvalue weighted by atomic mass is 10.3. The maximum absolute atomic E-state index is 12.1. The Bertz CT molecular complexity index is 457. The molecule has 0 saturated carbocycles. The van der Waals surface area contributed by atoms with Crippen molar-refractivity contribution >= 4 is 40.0 Å². The zero-order chi connectivity index (χ0) is 14.5. The second-order valence-corrected chi connectivity index (χ2v) is 7.25. The largest absolute Gasteiger partial charge is 0.382 e. The van der Waals surface area contributed by atoms with E-state index in [1.807, 2.05) is 0 Å². The molecule has 1 aromatic rings. The van der Waals surface area contributed by atoms with E-state index in [4.69, 9.17) is 5.73 Å². The van der Waals surface area contributed by atoms with Gasteiger partial charge in [-0.15, -0.1) is 0 Å². The highest BCUT2D eigenvalue weighted by Crippen LogP contribution is 2.30. The summed E-state index contributed by atoms with van der Waals surface area (Å²) >= 11 is 3.21. The third-order valence-electron chi connectivity index (χ3n) is 3.46. The summed E-state index contributed by atoms with van der Waals surface area (Å²) < 4.78 is 0. The predicted octanol–water partition coefficient (Wildman–Crippen LogP) is 2.20. The Balaban J connectivity index is 1.92. The van der Waals surface area contributed by atoms with E-state index in [1.165, 1.54) is 24.2 Å². The lowest BCUT2D eigenvalue weighted by Gasteiger charge is -2.12. The predicted molar refractivity (Wildman–Crippen MR) is 87.9 cm³/mol. The minimum Gasteiger partial charge on any atom is -0.382 e. The molecular formula is C13H22N4OS2. The second kappa shape index (κ2) is 7.17. The number of nitrogens with zero attached hydrogens (tertiary/aromatic N) is 2. The van der Waals surface area contributed by atoms with Crippen LogP contribution in [-0.2, 0) is 0 Å². The van der Waals surface area contributed by atoms with Gasteiger partial charge in [-0.25, -0.2) is 4.98 Å². The van der Waals surface area contributed by atoms with Gasteiger partial charge < -0.3 is 16.0 Å². The Labute approximate surface area is 128 Å². The number of hydrogen-bond donors (Lipinski definition) is 2. The molecule has 20 heavy (non-hydrogen) atoms. The molecule has 0 bridgehead atoms. The first-order valence-corrected chi connectivity index (χ1v) is 9.04. The number of thiazole rings is 1. The summed E-state index contributed by atoms with van der Waals surface area (Å²) in [6, 6.07) is 0. The van der Waals surface area contributed by atoms with Crippen LogP contribution in [0.15, 0.2) is 0 Å². The molecule has 112 valence electrons. The van der Waals surface area contributed by atoms with Crippen molar-refractivity contribution in [1.29, 1.82) is 0 Å². The van der Waals surface area contributed by atoms with E-state index in [-0.39, 0.29) is 5.91 Å². The summed E-state index contributed by atoms with van der Waals surface area (Å²) in [5, 5.41) is 4.36. The van der Waals surface area contributed by atoms with Crippen LogP contribution in [0.25, 0.3) is 0 Å². The van der Waals surface area contributed by atoms with Crippen LogP contribution in [0.2, 0.25) is 0 Å². The molecule has 1 aromatic heterocycles. The highest BCUT2D eigenvalue weighted by atomic mass is 32.2. The fraction of sp³-hybridized carbons (Fsp3) is 0.692. The van der Waals surface area contributed by atoms with Crippen molar-refractivity contribution in [3.8, 4) is 0 Å². The standard InChI is InChI=1S/C13H22N4OS2/c1-9(19-2)5-6-15-12(18)10-11(14)16-13(20-10)17-7-3-4-8-17/h9H,3-8,14H2,1-2H3,(H,15,18). The second-order valence-electron chi connectivity index (χ2n) is 5.00. The molecule has 0 radical (unpaired) electrons. The highest BCUT2D eigenvalue weighted by Gasteiger charge is 2.21. The number of hydrogen-bond acceptors (Lipinski definition) is 6. The average Bonchev–Trinajstić information content (AvgIpc) is 3.07. The van der Waals surface area contributed by atoms with Gasteiger partial charge >= 0.3 is 0 Å². The maximum atomic E-state index is 12.1. The van der Waals surface area contributed by atoms with E-state index in [2.05, 4.69) is 28.4 Å². The van der Waals surface area contributed by atoms with Gasteiger partial charge in [-0.3, -0.25) is 4.79 Å². The van der Waals surface area contributed by atoms with E-state index >= 15 is 0 Å². The normalized spacial score (nSPS) is 16.4. The van der Waals surface area contributed by atoms with E-state index < -0.39 is 0 Å². The first-order valence-electron chi connectivity index (χ1n) is 6.94. The molecule has 0 aliphatic carbocycles. The number of carbonyl (C=O) groups excluding carboxylic acids is 1. The molecule has 1 unspecified atom stereocenters. The van der Waals surface area contributed by atoms with Gasteiger partial charge in [0.15, 0.2) is 5.13 Å². The number of amides is 1. The molecule has 0 aromatic carbocycles. The highest BCUT2D eigenvalue weighted by molar-refractivity contribution is 7.99. The quantitative estimate of drug-likeness (QED) is 0.842. The van der Waals surface area contributed by atoms with Crippen LogP contribution in [-0.4, -0.2) is 42.0 Å². The molecule has 1 aliphatic rings.